The van der Waals surface area contributed by atoms with Crippen LogP contribution >= 0.6 is 23.5 Å². The van der Waals surface area contributed by atoms with Gasteiger partial charge in [-0.1, -0.05) is 32.1 Å². The van der Waals surface area contributed by atoms with E-state index in [0.717, 1.165) is 13.0 Å². The van der Waals surface area contributed by atoms with E-state index < -0.39 is 18.1 Å². The van der Waals surface area contributed by atoms with E-state index in [1.165, 1.54) is 21.6 Å². The molecule has 2 heterocycles. The molecule has 3 N–H and O–H groups in total. The first-order valence-corrected chi connectivity index (χ1v) is 14.2. The van der Waals surface area contributed by atoms with E-state index in [2.05, 4.69) is 34.7 Å². The number of carbonyl (C=O) groups is 3. The molecule has 3 rings (SSSR count). The molecule has 7 unspecified atom stereocenters. The topological polar surface area (TPSA) is 110 Å². The van der Waals surface area contributed by atoms with Crippen molar-refractivity contribution in [2.24, 2.45) is 17.8 Å². The third-order valence-electron chi connectivity index (χ3n) is 7.47. The van der Waals surface area contributed by atoms with Gasteiger partial charge in [0.05, 0.1) is 12.1 Å². The number of nitrogens with one attached hydrogen (secondary N) is 1. The van der Waals surface area contributed by atoms with Crippen LogP contribution in [0.25, 0.3) is 0 Å². The van der Waals surface area contributed by atoms with Crippen molar-refractivity contribution >= 4 is 41.8 Å². The molecule has 0 aromatic heterocycles. The van der Waals surface area contributed by atoms with Crippen LogP contribution in [0.1, 0.15) is 33.6 Å². The van der Waals surface area contributed by atoms with E-state index in [-0.39, 0.29) is 34.7 Å². The van der Waals surface area contributed by atoms with Gasteiger partial charge in [0.15, 0.2) is 0 Å². The molecule has 0 spiro atoms. The molecule has 7 atom stereocenters. The highest BCUT2D eigenvalue weighted by molar-refractivity contribution is 8.03. The number of carbonyl (C=O) groups excluding carboxylic acids is 2. The third kappa shape index (κ3) is 5.81. The number of thioether (sulfide) groups is 2. The number of amides is 2. The second-order valence-corrected chi connectivity index (χ2v) is 11.8. The number of likely N-dealkylation sites (N-methyl/N-ethyl adjacent to an activating group) is 1. The first-order valence-electron chi connectivity index (χ1n) is 12.1. The summed E-state index contributed by atoms with van der Waals surface area (Å²) in [6, 6.07) is -0.719. The summed E-state index contributed by atoms with van der Waals surface area (Å²) in [7, 11) is 1.64. The van der Waals surface area contributed by atoms with Crippen molar-refractivity contribution in [3.8, 4) is 0 Å². The predicted octanol–water partition coefficient (Wildman–Crippen LogP) is 2.52. The van der Waals surface area contributed by atoms with Gasteiger partial charge in [0.25, 0.3) is 0 Å². The zero-order valence-electron chi connectivity index (χ0n) is 21.0. The molecule has 2 aliphatic heterocycles. The number of nitrogens with zero attached hydrogens (tertiary/aromatic N) is 2. The Morgan fingerprint density at radius 1 is 1.34 bits per heavy atom. The van der Waals surface area contributed by atoms with Crippen molar-refractivity contribution < 1.29 is 24.6 Å². The fourth-order valence-corrected chi connectivity index (χ4v) is 7.77. The summed E-state index contributed by atoms with van der Waals surface area (Å²) in [6.07, 6.45) is 9.85. The van der Waals surface area contributed by atoms with Gasteiger partial charge in [-0.25, -0.2) is 4.79 Å². The van der Waals surface area contributed by atoms with E-state index in [1.807, 2.05) is 13.8 Å². The number of aliphatic hydroxyl groups excluding tert-OH is 1. The Morgan fingerprint density at radius 3 is 2.63 bits per heavy atom. The number of rotatable bonds is 10. The van der Waals surface area contributed by atoms with Crippen LogP contribution in [-0.4, -0.2) is 88.1 Å². The zero-order chi connectivity index (χ0) is 25.9. The molecule has 194 valence electrons. The lowest BCUT2D eigenvalue weighted by atomic mass is 9.88. The molecule has 0 aromatic carbocycles. The van der Waals surface area contributed by atoms with Crippen LogP contribution in [0.5, 0.6) is 0 Å². The predicted molar refractivity (Wildman–Crippen MR) is 141 cm³/mol. The quantitative estimate of drug-likeness (QED) is 0.375. The van der Waals surface area contributed by atoms with Crippen LogP contribution in [0, 0.1) is 17.8 Å². The molecule has 35 heavy (non-hydrogen) atoms. The molecule has 1 aliphatic carbocycles. The summed E-state index contributed by atoms with van der Waals surface area (Å²) < 4.78 is 0. The molecule has 0 radical (unpaired) electrons. The Kier molecular flexibility index (Phi) is 9.53. The second-order valence-electron chi connectivity index (χ2n) is 9.60. The lowest BCUT2D eigenvalue weighted by Crippen LogP contribution is -2.44. The van der Waals surface area contributed by atoms with Crippen LogP contribution in [0.15, 0.2) is 33.7 Å². The number of allylic oxidation sites excluding steroid dienone is 3. The molecule has 8 nitrogen and oxygen atoms in total. The van der Waals surface area contributed by atoms with Crippen LogP contribution in [0.4, 0.5) is 0 Å². The van der Waals surface area contributed by atoms with E-state index in [1.54, 1.807) is 25.7 Å². The Balaban J connectivity index is 1.84. The van der Waals surface area contributed by atoms with Gasteiger partial charge in [-0.2, -0.15) is 0 Å². The first kappa shape index (κ1) is 27.8. The number of carboxylic acids is 1. The molecule has 0 bridgehead atoms. The molecule has 1 fully saturated rings. The number of hydrogen-bond donors (Lipinski definition) is 3. The van der Waals surface area contributed by atoms with Gasteiger partial charge in [0.2, 0.25) is 12.3 Å². The fraction of sp³-hybridized carbons (Fsp3) is 0.640. The average Bonchev–Trinajstić information content (AvgIpc) is 3.36. The Labute approximate surface area is 216 Å². The van der Waals surface area contributed by atoms with Gasteiger partial charge in [-0.15, -0.1) is 23.5 Å². The highest BCUT2D eigenvalue weighted by Crippen LogP contribution is 2.47. The summed E-state index contributed by atoms with van der Waals surface area (Å²) in [5, 5.41) is 23.0. The monoisotopic (exact) mass is 523 g/mol. The molecule has 0 aromatic rings. The number of likely N-dealkylation sites (tertiary alicyclic amines) is 1. The largest absolute Gasteiger partial charge is 0.477 e. The standard InChI is InChI=1S/C25H37N3O5S2/c1-14(16(3)30)21-15(2)23(22(25(32)33)28(21)13-29)35-18-10-19(24(31)26-4)27(12-18)11-17-8-6-7-9-20(17)34-5/h6-7,9,13-19,21,30H,8,10-12H2,1-5H3,(H,26,31)(H,32,33). The lowest BCUT2D eigenvalue weighted by molar-refractivity contribution is -0.137. The highest BCUT2D eigenvalue weighted by atomic mass is 32.2. The van der Waals surface area contributed by atoms with E-state index in [9.17, 15) is 24.6 Å². The van der Waals surface area contributed by atoms with Crippen LogP contribution in [0.2, 0.25) is 0 Å². The Hall–Kier alpha value is -1.75. The maximum atomic E-state index is 12.8. The lowest BCUT2D eigenvalue weighted by Gasteiger charge is -2.32. The third-order valence-corrected chi connectivity index (χ3v) is 9.91. The maximum absolute atomic E-state index is 12.8. The number of aliphatic hydroxyl groups is 1. The fourth-order valence-electron chi connectivity index (χ4n) is 5.49. The number of hydrogen-bond acceptors (Lipinski definition) is 7. The minimum Gasteiger partial charge on any atom is -0.477 e. The zero-order valence-corrected chi connectivity index (χ0v) is 22.6. The average molecular weight is 524 g/mol. The van der Waals surface area contributed by atoms with E-state index >= 15 is 0 Å². The van der Waals surface area contributed by atoms with Crippen molar-refractivity contribution in [2.45, 2.75) is 57.1 Å². The van der Waals surface area contributed by atoms with Crippen LogP contribution < -0.4 is 5.32 Å². The smallest absolute Gasteiger partial charge is 0.353 e. The summed E-state index contributed by atoms with van der Waals surface area (Å²) >= 11 is 3.21. The molecule has 3 aliphatic rings. The molecule has 0 saturated carbocycles. The van der Waals surface area contributed by atoms with Gasteiger partial charge < -0.3 is 20.4 Å². The van der Waals surface area contributed by atoms with Crippen LogP contribution in [0.3, 0.4) is 0 Å². The molecule has 2 amide bonds. The summed E-state index contributed by atoms with van der Waals surface area (Å²) in [4.78, 5) is 42.4. The maximum Gasteiger partial charge on any atom is 0.353 e. The summed E-state index contributed by atoms with van der Waals surface area (Å²) in [5.74, 6) is -1.38. The van der Waals surface area contributed by atoms with Gasteiger partial charge in [-0.3, -0.25) is 14.5 Å². The van der Waals surface area contributed by atoms with Gasteiger partial charge in [0.1, 0.15) is 5.70 Å². The van der Waals surface area contributed by atoms with Gasteiger partial charge in [-0.05, 0) is 30.9 Å². The number of carboxylic acid groups (broad SMARTS) is 1. The van der Waals surface area contributed by atoms with Crippen molar-refractivity contribution in [1.82, 2.24) is 15.1 Å². The van der Waals surface area contributed by atoms with Crippen molar-refractivity contribution in [1.29, 1.82) is 0 Å². The molecule has 1 saturated heterocycles. The first-order chi connectivity index (χ1) is 16.6. The molecule has 10 heteroatoms. The molecular formula is C25H37N3O5S2. The van der Waals surface area contributed by atoms with Crippen molar-refractivity contribution in [3.05, 3.63) is 33.7 Å². The second kappa shape index (κ2) is 12.0. The van der Waals surface area contributed by atoms with E-state index in [0.29, 0.717) is 30.2 Å². The minimum atomic E-state index is -1.15. The minimum absolute atomic E-state index is 0.00466. The Bertz CT molecular complexity index is 919. The normalized spacial score (nSPS) is 30.9. The number of aliphatic carboxylic acids is 1. The SMILES string of the molecule is CNC(=O)C1CC(SC2=C(C(=O)O)N(C=O)C(C(C)C(C)O)C2C)CN1CC1CC=CC=C1SC. The van der Waals surface area contributed by atoms with Crippen LogP contribution in [-0.2, 0) is 14.4 Å². The highest BCUT2D eigenvalue weighted by Gasteiger charge is 2.47. The van der Waals surface area contributed by atoms with Crippen molar-refractivity contribution in [2.75, 3.05) is 26.4 Å². The molecular weight excluding hydrogens is 486 g/mol. The van der Waals surface area contributed by atoms with E-state index in [4.69, 9.17) is 0 Å². The van der Waals surface area contributed by atoms with Crippen molar-refractivity contribution in [3.63, 3.8) is 0 Å². The Morgan fingerprint density at radius 2 is 2.06 bits per heavy atom. The van der Waals surface area contributed by atoms with Gasteiger partial charge in [0, 0.05) is 54.1 Å². The van der Waals surface area contributed by atoms with Gasteiger partial charge >= 0.3 is 5.97 Å². The summed E-state index contributed by atoms with van der Waals surface area (Å²) in [6.45, 7) is 6.83. The summed E-state index contributed by atoms with van der Waals surface area (Å²) in [5.41, 5.74) is -0.00466.